The van der Waals surface area contributed by atoms with Gasteiger partial charge in [-0.3, -0.25) is 14.4 Å². The molecule has 0 radical (unpaired) electrons. The average Bonchev–Trinajstić information content (AvgIpc) is 2.86. The van der Waals surface area contributed by atoms with Crippen LogP contribution in [0.2, 0.25) is 0 Å². The number of nitrogens with one attached hydrogen (secondary N) is 3. The second-order valence-electron chi connectivity index (χ2n) is 8.18. The number of hydrogen-bond donors (Lipinski definition) is 3. The Kier molecular flexibility index (Phi) is 8.93. The van der Waals surface area contributed by atoms with Gasteiger partial charge in [-0.05, 0) is 79.9 Å². The molecule has 0 saturated carbocycles. The number of anilines is 2. The van der Waals surface area contributed by atoms with Crippen LogP contribution >= 0.6 is 0 Å². The summed E-state index contributed by atoms with van der Waals surface area (Å²) in [7, 11) is 1.45. The van der Waals surface area contributed by atoms with Gasteiger partial charge in [-0.2, -0.15) is 5.10 Å². The third-order valence-electron chi connectivity index (χ3n) is 5.18. The number of carbonyl (C=O) groups excluding carboxylic acids is 3. The third-order valence-corrected chi connectivity index (χ3v) is 5.18. The Labute approximate surface area is 213 Å². The molecule has 0 aliphatic rings. The van der Waals surface area contributed by atoms with Crippen LogP contribution in [0.1, 0.15) is 22.3 Å². The number of ether oxygens (including phenoxy) is 2. The van der Waals surface area contributed by atoms with E-state index in [4.69, 9.17) is 9.47 Å². The van der Waals surface area contributed by atoms with Gasteiger partial charge in [0.25, 0.3) is 5.91 Å². The predicted octanol–water partition coefficient (Wildman–Crippen LogP) is 3.87. The van der Waals surface area contributed by atoms with Crippen molar-refractivity contribution in [1.29, 1.82) is 0 Å². The van der Waals surface area contributed by atoms with Crippen LogP contribution in [0.5, 0.6) is 11.5 Å². The summed E-state index contributed by atoms with van der Waals surface area (Å²) in [6, 6.07) is 13.8. The lowest BCUT2D eigenvalue weighted by Crippen LogP contribution is -2.32. The van der Waals surface area contributed by atoms with Gasteiger partial charge in [-0.25, -0.2) is 9.82 Å². The first kappa shape index (κ1) is 26.9. The molecule has 10 heteroatoms. The Bertz CT molecular complexity index is 1320. The molecule has 37 heavy (non-hydrogen) atoms. The number of halogens is 1. The fraction of sp³-hybridized carbons (Fsp3) is 0.185. The van der Waals surface area contributed by atoms with Gasteiger partial charge in [-0.1, -0.05) is 17.7 Å². The number of nitrogens with zero attached hydrogens (tertiary/aromatic N) is 1. The van der Waals surface area contributed by atoms with Gasteiger partial charge < -0.3 is 20.1 Å². The molecule has 0 aliphatic carbocycles. The van der Waals surface area contributed by atoms with E-state index in [1.54, 1.807) is 18.2 Å². The predicted molar refractivity (Wildman–Crippen MR) is 139 cm³/mol. The first-order chi connectivity index (χ1) is 17.7. The summed E-state index contributed by atoms with van der Waals surface area (Å²) in [5.41, 5.74) is 6.72. The largest absolute Gasteiger partial charge is 0.493 e. The van der Waals surface area contributed by atoms with Gasteiger partial charge >= 0.3 is 11.8 Å². The molecule has 0 aromatic heterocycles. The van der Waals surface area contributed by atoms with Crippen LogP contribution in [0.15, 0.2) is 59.7 Å². The standard InChI is InChI=1S/C27H27FN4O5/c1-16-11-17(2)25(18(3)12-16)31-24(33)15-37-22-10-5-19(13-23(22)36-4)14-29-32-27(35)26(34)30-21-8-6-20(28)7-9-21/h5-14H,15H2,1-4H3,(H,30,34)(H,31,33)(H,32,35)/b29-14-. The van der Waals surface area contributed by atoms with Crippen LogP contribution in [-0.2, 0) is 14.4 Å². The molecule has 3 N–H and O–H groups in total. The molecular formula is C27H27FN4O5. The SMILES string of the molecule is COc1cc(/C=N\NC(=O)C(=O)Nc2ccc(F)cc2)ccc1OCC(=O)Nc1c(C)cc(C)cc1C. The lowest BCUT2D eigenvalue weighted by molar-refractivity contribution is -0.136. The number of carbonyl (C=O) groups is 3. The molecule has 0 saturated heterocycles. The van der Waals surface area contributed by atoms with E-state index in [1.165, 1.54) is 25.5 Å². The highest BCUT2D eigenvalue weighted by atomic mass is 19.1. The van der Waals surface area contributed by atoms with E-state index >= 15 is 0 Å². The fourth-order valence-electron chi connectivity index (χ4n) is 3.52. The Morgan fingerprint density at radius 2 is 1.57 bits per heavy atom. The van der Waals surface area contributed by atoms with Gasteiger partial charge in [0.1, 0.15) is 5.82 Å². The minimum absolute atomic E-state index is 0.226. The highest BCUT2D eigenvalue weighted by Crippen LogP contribution is 2.28. The first-order valence-corrected chi connectivity index (χ1v) is 11.2. The van der Waals surface area contributed by atoms with Crippen molar-refractivity contribution in [2.75, 3.05) is 24.4 Å². The summed E-state index contributed by atoms with van der Waals surface area (Å²) in [5.74, 6) is -2.05. The average molecular weight is 507 g/mol. The van der Waals surface area contributed by atoms with E-state index in [9.17, 15) is 18.8 Å². The minimum atomic E-state index is -1.00. The number of hydrazone groups is 1. The molecule has 3 aromatic rings. The van der Waals surface area contributed by atoms with E-state index in [2.05, 4.69) is 21.2 Å². The van der Waals surface area contributed by atoms with Crippen LogP contribution in [0, 0.1) is 26.6 Å². The van der Waals surface area contributed by atoms with Crippen LogP contribution in [0.3, 0.4) is 0 Å². The van der Waals surface area contributed by atoms with E-state index < -0.39 is 17.6 Å². The van der Waals surface area contributed by atoms with Gasteiger partial charge in [0.2, 0.25) is 0 Å². The summed E-state index contributed by atoms with van der Waals surface area (Å²) in [6.07, 6.45) is 1.31. The molecular weight excluding hydrogens is 479 g/mol. The van der Waals surface area contributed by atoms with Gasteiger partial charge in [-0.15, -0.1) is 0 Å². The number of rotatable bonds is 8. The number of amides is 3. The maximum Gasteiger partial charge on any atom is 0.329 e. The van der Waals surface area contributed by atoms with E-state index in [-0.39, 0.29) is 18.2 Å². The summed E-state index contributed by atoms with van der Waals surface area (Å²) < 4.78 is 23.9. The van der Waals surface area contributed by atoms with Crippen LogP contribution in [-0.4, -0.2) is 37.7 Å². The normalized spacial score (nSPS) is 10.6. The van der Waals surface area contributed by atoms with Gasteiger partial charge in [0.05, 0.1) is 13.3 Å². The molecule has 0 bridgehead atoms. The van der Waals surface area contributed by atoms with Crippen molar-refractivity contribution >= 4 is 35.3 Å². The second-order valence-corrected chi connectivity index (χ2v) is 8.18. The van der Waals surface area contributed by atoms with E-state index in [1.807, 2.05) is 32.9 Å². The smallest absolute Gasteiger partial charge is 0.329 e. The zero-order chi connectivity index (χ0) is 26.9. The monoisotopic (exact) mass is 506 g/mol. The van der Waals surface area contributed by atoms with E-state index in [0.717, 1.165) is 34.5 Å². The quantitative estimate of drug-likeness (QED) is 0.244. The van der Waals surface area contributed by atoms with Crippen molar-refractivity contribution in [3.63, 3.8) is 0 Å². The van der Waals surface area contributed by atoms with Crippen molar-refractivity contribution in [1.82, 2.24) is 5.43 Å². The summed E-state index contributed by atoms with van der Waals surface area (Å²) in [4.78, 5) is 36.3. The lowest BCUT2D eigenvalue weighted by atomic mass is 10.1. The maximum atomic E-state index is 12.9. The topological polar surface area (TPSA) is 118 Å². The number of methoxy groups -OCH3 is 1. The Hall–Kier alpha value is -4.73. The second kappa shape index (κ2) is 12.3. The molecule has 0 heterocycles. The Morgan fingerprint density at radius 1 is 0.892 bits per heavy atom. The van der Waals surface area contributed by atoms with Crippen molar-refractivity contribution in [2.24, 2.45) is 5.10 Å². The lowest BCUT2D eigenvalue weighted by Gasteiger charge is -2.14. The fourth-order valence-corrected chi connectivity index (χ4v) is 3.52. The molecule has 3 rings (SSSR count). The molecule has 0 unspecified atom stereocenters. The number of benzene rings is 3. The van der Waals surface area contributed by atoms with Gasteiger partial charge in [0.15, 0.2) is 18.1 Å². The van der Waals surface area contributed by atoms with Gasteiger partial charge in [0, 0.05) is 11.4 Å². The first-order valence-electron chi connectivity index (χ1n) is 11.2. The van der Waals surface area contributed by atoms with E-state index in [0.29, 0.717) is 17.1 Å². The number of aryl methyl sites for hydroxylation is 3. The third kappa shape index (κ3) is 7.63. The van der Waals surface area contributed by atoms with Crippen LogP contribution < -0.4 is 25.5 Å². The molecule has 0 fully saturated rings. The highest BCUT2D eigenvalue weighted by Gasteiger charge is 2.14. The molecule has 192 valence electrons. The summed E-state index contributed by atoms with van der Waals surface area (Å²) in [6.45, 7) is 5.63. The van der Waals surface area contributed by atoms with Crippen molar-refractivity contribution < 1.29 is 28.2 Å². The summed E-state index contributed by atoms with van der Waals surface area (Å²) in [5, 5.41) is 8.97. The van der Waals surface area contributed by atoms with Crippen LogP contribution in [0.4, 0.5) is 15.8 Å². The Morgan fingerprint density at radius 3 is 2.22 bits per heavy atom. The molecule has 3 aromatic carbocycles. The molecule has 0 aliphatic heterocycles. The molecule has 9 nitrogen and oxygen atoms in total. The van der Waals surface area contributed by atoms with Crippen molar-refractivity contribution in [3.8, 4) is 11.5 Å². The highest BCUT2D eigenvalue weighted by molar-refractivity contribution is 6.39. The zero-order valence-electron chi connectivity index (χ0n) is 20.8. The molecule has 0 spiro atoms. The minimum Gasteiger partial charge on any atom is -0.493 e. The number of hydrogen-bond acceptors (Lipinski definition) is 6. The summed E-state index contributed by atoms with van der Waals surface area (Å²) >= 11 is 0. The van der Waals surface area contributed by atoms with Crippen molar-refractivity contribution in [2.45, 2.75) is 20.8 Å². The zero-order valence-corrected chi connectivity index (χ0v) is 20.8. The molecule has 3 amide bonds. The maximum absolute atomic E-state index is 12.9. The van der Waals surface area contributed by atoms with Crippen molar-refractivity contribution in [3.05, 3.63) is 82.7 Å². The van der Waals surface area contributed by atoms with Crippen LogP contribution in [0.25, 0.3) is 0 Å². The Balaban J connectivity index is 1.54. The molecule has 0 atom stereocenters.